The molecule has 3 rings (SSSR count). The van der Waals surface area contributed by atoms with E-state index in [1.807, 2.05) is 30.3 Å². The third kappa shape index (κ3) is 2.82. The second kappa shape index (κ2) is 6.60. The van der Waals surface area contributed by atoms with Gasteiger partial charge in [-0.1, -0.05) is 18.2 Å². The zero-order valence-corrected chi connectivity index (χ0v) is 15.2. The van der Waals surface area contributed by atoms with E-state index in [4.69, 9.17) is 12.2 Å². The van der Waals surface area contributed by atoms with Crippen LogP contribution >= 0.6 is 12.2 Å². The first-order chi connectivity index (χ1) is 12.3. The Kier molecular flexibility index (Phi) is 4.47. The molecule has 9 heteroatoms. The first-order valence-corrected chi connectivity index (χ1v) is 8.14. The summed E-state index contributed by atoms with van der Waals surface area (Å²) in [5.41, 5.74) is 0.525. The maximum atomic E-state index is 12.8. The highest BCUT2D eigenvalue weighted by Crippen LogP contribution is 2.17. The van der Waals surface area contributed by atoms with Crippen LogP contribution in [0.5, 0.6) is 5.88 Å². The highest BCUT2D eigenvalue weighted by atomic mass is 32.1. The van der Waals surface area contributed by atoms with Crippen molar-refractivity contribution in [2.75, 3.05) is 0 Å². The molecule has 0 radical (unpaired) electrons. The van der Waals surface area contributed by atoms with Crippen molar-refractivity contribution < 1.29 is 5.11 Å². The van der Waals surface area contributed by atoms with E-state index in [9.17, 15) is 14.7 Å². The van der Waals surface area contributed by atoms with Gasteiger partial charge in [-0.25, -0.2) is 9.67 Å². The number of para-hydroxylation sites is 1. The smallest absolute Gasteiger partial charge is 0.297 e. The van der Waals surface area contributed by atoms with Crippen LogP contribution in [0.15, 0.2) is 44.9 Å². The average molecular weight is 371 g/mol. The lowest BCUT2D eigenvalue weighted by atomic mass is 10.3. The van der Waals surface area contributed by atoms with E-state index in [0.717, 1.165) is 0 Å². The van der Waals surface area contributed by atoms with E-state index in [1.54, 1.807) is 18.7 Å². The van der Waals surface area contributed by atoms with Crippen LogP contribution in [0.1, 0.15) is 11.3 Å². The van der Waals surface area contributed by atoms with E-state index in [2.05, 4.69) is 9.98 Å². The quantitative estimate of drug-likeness (QED) is 0.541. The largest absolute Gasteiger partial charge is 0.494 e. The standard InChI is InChI=1S/C17H17N5O3S/c1-10-13(16(25)22(21(10)3)11-7-5-4-6-8-11)18-9-12-14(23)19-17(26)20(2)15(12)24/h4-9,24H,1-3H3,(H,19,23,26). The molecular weight excluding hydrogens is 354 g/mol. The monoisotopic (exact) mass is 371 g/mol. The molecule has 0 fully saturated rings. The van der Waals surface area contributed by atoms with Crippen LogP contribution in [0.2, 0.25) is 0 Å². The summed E-state index contributed by atoms with van der Waals surface area (Å²) in [5.74, 6) is -0.320. The van der Waals surface area contributed by atoms with Crippen molar-refractivity contribution in [2.24, 2.45) is 19.1 Å². The van der Waals surface area contributed by atoms with Crippen LogP contribution in [-0.4, -0.2) is 30.2 Å². The van der Waals surface area contributed by atoms with Gasteiger partial charge < -0.3 is 5.11 Å². The van der Waals surface area contributed by atoms with Gasteiger partial charge in [0.05, 0.1) is 11.4 Å². The van der Waals surface area contributed by atoms with Gasteiger partial charge in [-0.3, -0.25) is 23.8 Å². The van der Waals surface area contributed by atoms with Crippen LogP contribution in [-0.2, 0) is 14.1 Å². The zero-order valence-electron chi connectivity index (χ0n) is 14.4. The molecule has 134 valence electrons. The fourth-order valence-corrected chi connectivity index (χ4v) is 2.75. The van der Waals surface area contributed by atoms with Gasteiger partial charge in [0.1, 0.15) is 5.56 Å². The molecule has 0 bridgehead atoms. The predicted octanol–water partition coefficient (Wildman–Crippen LogP) is 1.70. The Hall–Kier alpha value is -3.20. The van der Waals surface area contributed by atoms with Crippen molar-refractivity contribution >= 4 is 24.1 Å². The second-order valence-electron chi connectivity index (χ2n) is 5.72. The molecule has 0 atom stereocenters. The van der Waals surface area contributed by atoms with Crippen LogP contribution in [0, 0.1) is 11.7 Å². The molecule has 3 aromatic rings. The Morgan fingerprint density at radius 3 is 2.50 bits per heavy atom. The van der Waals surface area contributed by atoms with Crippen molar-refractivity contribution in [1.82, 2.24) is 18.9 Å². The van der Waals surface area contributed by atoms with Gasteiger partial charge in [0.25, 0.3) is 11.1 Å². The third-order valence-corrected chi connectivity index (χ3v) is 4.55. The molecular formula is C17H17N5O3S. The van der Waals surface area contributed by atoms with Crippen molar-refractivity contribution in [3.05, 3.63) is 67.1 Å². The fourth-order valence-electron chi connectivity index (χ4n) is 2.58. The lowest BCUT2D eigenvalue weighted by Gasteiger charge is -2.07. The number of rotatable bonds is 3. The Morgan fingerprint density at radius 1 is 1.19 bits per heavy atom. The predicted molar refractivity (Wildman–Crippen MR) is 102 cm³/mol. The summed E-state index contributed by atoms with van der Waals surface area (Å²) in [5, 5.41) is 10.1. The van der Waals surface area contributed by atoms with Crippen molar-refractivity contribution in [3.63, 3.8) is 0 Å². The minimum atomic E-state index is -0.577. The molecule has 0 amide bonds. The highest BCUT2D eigenvalue weighted by molar-refractivity contribution is 7.71. The maximum Gasteiger partial charge on any atom is 0.297 e. The van der Waals surface area contributed by atoms with Gasteiger partial charge in [0.2, 0.25) is 5.88 Å². The molecule has 1 aromatic carbocycles. The number of benzene rings is 1. The van der Waals surface area contributed by atoms with Crippen molar-refractivity contribution in [3.8, 4) is 11.6 Å². The summed E-state index contributed by atoms with van der Waals surface area (Å²) in [4.78, 5) is 31.4. The summed E-state index contributed by atoms with van der Waals surface area (Å²) < 4.78 is 4.50. The number of H-pyrrole nitrogens is 1. The number of aromatic hydroxyl groups is 1. The number of nitrogens with zero attached hydrogens (tertiary/aromatic N) is 4. The van der Waals surface area contributed by atoms with Gasteiger partial charge in [0, 0.05) is 20.3 Å². The fraction of sp³-hybridized carbons (Fsp3) is 0.176. The zero-order chi connectivity index (χ0) is 19.0. The Bertz CT molecular complexity index is 1180. The van der Waals surface area contributed by atoms with Gasteiger partial charge in [-0.15, -0.1) is 0 Å². The summed E-state index contributed by atoms with van der Waals surface area (Å²) in [6, 6.07) is 9.16. The van der Waals surface area contributed by atoms with Gasteiger partial charge >= 0.3 is 0 Å². The number of aromatic nitrogens is 4. The van der Waals surface area contributed by atoms with Crippen molar-refractivity contribution in [2.45, 2.75) is 6.92 Å². The number of nitrogens with one attached hydrogen (secondary N) is 1. The molecule has 0 aliphatic rings. The maximum absolute atomic E-state index is 12.8. The molecule has 8 nitrogen and oxygen atoms in total. The van der Waals surface area contributed by atoms with Crippen LogP contribution in [0.25, 0.3) is 5.69 Å². The van der Waals surface area contributed by atoms with Crippen LogP contribution in [0.4, 0.5) is 5.69 Å². The molecule has 0 saturated heterocycles. The number of hydrogen-bond acceptors (Lipinski definition) is 5. The number of aliphatic imine (C=N–C) groups is 1. The van der Waals surface area contributed by atoms with Gasteiger partial charge in [0.15, 0.2) is 10.5 Å². The molecule has 0 unspecified atom stereocenters. The van der Waals surface area contributed by atoms with Gasteiger partial charge in [-0.2, -0.15) is 0 Å². The lowest BCUT2D eigenvalue weighted by Crippen LogP contribution is -2.19. The molecule has 2 aromatic heterocycles. The first kappa shape index (κ1) is 17.6. The molecule has 2 heterocycles. The topological polar surface area (TPSA) is 97.3 Å². The number of hydrogen-bond donors (Lipinski definition) is 2. The summed E-state index contributed by atoms with van der Waals surface area (Å²) in [6.07, 6.45) is 1.17. The third-order valence-electron chi connectivity index (χ3n) is 4.17. The minimum Gasteiger partial charge on any atom is -0.494 e. The normalized spacial score (nSPS) is 11.3. The molecule has 26 heavy (non-hydrogen) atoms. The first-order valence-electron chi connectivity index (χ1n) is 7.73. The summed E-state index contributed by atoms with van der Waals surface area (Å²) >= 11 is 4.93. The van der Waals surface area contributed by atoms with E-state index in [-0.39, 0.29) is 27.5 Å². The van der Waals surface area contributed by atoms with E-state index in [0.29, 0.717) is 11.4 Å². The SMILES string of the molecule is Cc1c(N=Cc2c(O)n(C)c(=S)[nH]c2=O)c(=O)n(-c2ccccc2)n1C. The molecule has 2 N–H and O–H groups in total. The molecule has 0 aliphatic heterocycles. The Morgan fingerprint density at radius 2 is 1.85 bits per heavy atom. The van der Waals surface area contributed by atoms with Crippen LogP contribution in [0.3, 0.4) is 0 Å². The van der Waals surface area contributed by atoms with E-state index < -0.39 is 5.56 Å². The van der Waals surface area contributed by atoms with Crippen molar-refractivity contribution in [1.29, 1.82) is 0 Å². The van der Waals surface area contributed by atoms with E-state index >= 15 is 0 Å². The number of aromatic amines is 1. The minimum absolute atomic E-state index is 0.0741. The Balaban J connectivity index is 2.15. The van der Waals surface area contributed by atoms with Crippen LogP contribution < -0.4 is 11.1 Å². The Labute approximate surface area is 153 Å². The molecule has 0 saturated carbocycles. The lowest BCUT2D eigenvalue weighted by molar-refractivity contribution is 0.420. The summed E-state index contributed by atoms with van der Waals surface area (Å²) in [6.45, 7) is 1.75. The molecule has 0 aliphatic carbocycles. The average Bonchev–Trinajstić information content (AvgIpc) is 2.83. The second-order valence-corrected chi connectivity index (χ2v) is 6.11. The van der Waals surface area contributed by atoms with Gasteiger partial charge in [-0.05, 0) is 31.3 Å². The molecule has 0 spiro atoms. The summed E-state index contributed by atoms with van der Waals surface area (Å²) in [7, 11) is 3.26. The highest BCUT2D eigenvalue weighted by Gasteiger charge is 2.16. The van der Waals surface area contributed by atoms with E-state index in [1.165, 1.54) is 22.5 Å².